The van der Waals surface area contributed by atoms with Crippen LogP contribution in [-0.4, -0.2) is 18.7 Å². The number of benzene rings is 3. The molecule has 0 aliphatic heterocycles. The Labute approximate surface area is 164 Å². The molecule has 3 aromatic carbocycles. The van der Waals surface area contributed by atoms with E-state index in [0.717, 1.165) is 22.1 Å². The lowest BCUT2D eigenvalue weighted by Crippen LogP contribution is -2.16. The molecule has 5 heteroatoms. The van der Waals surface area contributed by atoms with E-state index in [9.17, 15) is 13.2 Å². The predicted octanol–water partition coefficient (Wildman–Crippen LogP) is 4.97. The molecule has 0 aliphatic carbocycles. The highest BCUT2D eigenvalue weighted by molar-refractivity contribution is 7.90. The number of para-hydroxylation sites is 1. The first-order valence-corrected chi connectivity index (χ1v) is 10.4. The van der Waals surface area contributed by atoms with Gasteiger partial charge in [0.1, 0.15) is 5.69 Å². The van der Waals surface area contributed by atoms with Gasteiger partial charge in [0.25, 0.3) is 10.0 Å². The molecule has 0 saturated carbocycles. The first kappa shape index (κ1) is 18.2. The third-order valence-corrected chi connectivity index (χ3v) is 6.65. The largest absolute Gasteiger partial charge is 0.296 e. The van der Waals surface area contributed by atoms with E-state index in [0.29, 0.717) is 17.4 Å². The lowest BCUT2D eigenvalue weighted by Gasteiger charge is -2.11. The second kappa shape index (κ2) is 6.77. The summed E-state index contributed by atoms with van der Waals surface area (Å²) in [5.74, 6) is 0. The Bertz CT molecular complexity index is 1290. The maximum absolute atomic E-state index is 13.5. The van der Waals surface area contributed by atoms with Crippen LogP contribution >= 0.6 is 0 Å². The monoisotopic (exact) mass is 389 g/mol. The zero-order chi connectivity index (χ0) is 19.9. The molecule has 0 unspecified atom stereocenters. The summed E-state index contributed by atoms with van der Waals surface area (Å²) in [4.78, 5) is 12.3. The Kier molecular flexibility index (Phi) is 4.40. The highest BCUT2D eigenvalue weighted by atomic mass is 32.2. The molecule has 140 valence electrons. The van der Waals surface area contributed by atoms with E-state index in [1.54, 1.807) is 24.3 Å². The summed E-state index contributed by atoms with van der Waals surface area (Å²) in [6, 6.07) is 21.6. The number of aryl methyl sites for hydroxylation is 2. The van der Waals surface area contributed by atoms with Crippen molar-refractivity contribution in [1.29, 1.82) is 0 Å². The van der Waals surface area contributed by atoms with Crippen LogP contribution in [0.25, 0.3) is 22.0 Å². The van der Waals surface area contributed by atoms with E-state index in [1.165, 1.54) is 3.97 Å². The molecule has 0 bridgehead atoms. The van der Waals surface area contributed by atoms with E-state index < -0.39 is 10.0 Å². The van der Waals surface area contributed by atoms with Gasteiger partial charge in [-0.15, -0.1) is 0 Å². The van der Waals surface area contributed by atoms with Crippen molar-refractivity contribution >= 4 is 27.2 Å². The number of aldehydes is 1. The number of aromatic nitrogens is 1. The third kappa shape index (κ3) is 2.75. The highest BCUT2D eigenvalue weighted by Gasteiger charge is 2.28. The van der Waals surface area contributed by atoms with Crippen molar-refractivity contribution in [3.05, 3.63) is 89.6 Å². The maximum atomic E-state index is 13.5. The second-order valence-corrected chi connectivity index (χ2v) is 8.58. The Morgan fingerprint density at radius 3 is 2.14 bits per heavy atom. The van der Waals surface area contributed by atoms with E-state index in [2.05, 4.69) is 0 Å². The van der Waals surface area contributed by atoms with Gasteiger partial charge in [-0.2, -0.15) is 0 Å². The van der Waals surface area contributed by atoms with Crippen molar-refractivity contribution in [2.75, 3.05) is 0 Å². The molecule has 0 radical (unpaired) electrons. The molecule has 0 saturated heterocycles. The minimum atomic E-state index is -3.95. The number of rotatable bonds is 4. The van der Waals surface area contributed by atoms with Crippen LogP contribution in [0.3, 0.4) is 0 Å². The number of hydrogen-bond donors (Lipinski definition) is 0. The molecular formula is C23H19NO3S. The first-order valence-electron chi connectivity index (χ1n) is 8.92. The van der Waals surface area contributed by atoms with Crippen LogP contribution in [0.4, 0.5) is 0 Å². The normalized spacial score (nSPS) is 11.6. The molecule has 0 N–H and O–H groups in total. The zero-order valence-corrected chi connectivity index (χ0v) is 16.4. The van der Waals surface area contributed by atoms with Gasteiger partial charge >= 0.3 is 0 Å². The van der Waals surface area contributed by atoms with Gasteiger partial charge in [0.2, 0.25) is 0 Å². The van der Waals surface area contributed by atoms with E-state index >= 15 is 0 Å². The molecule has 4 aromatic rings. The van der Waals surface area contributed by atoms with E-state index in [-0.39, 0.29) is 10.6 Å². The van der Waals surface area contributed by atoms with Crippen LogP contribution < -0.4 is 0 Å². The van der Waals surface area contributed by atoms with Crippen molar-refractivity contribution in [3.8, 4) is 11.1 Å². The van der Waals surface area contributed by atoms with Gasteiger partial charge in [0.15, 0.2) is 6.29 Å². The van der Waals surface area contributed by atoms with Crippen molar-refractivity contribution in [2.45, 2.75) is 18.7 Å². The van der Waals surface area contributed by atoms with Crippen molar-refractivity contribution < 1.29 is 13.2 Å². The van der Waals surface area contributed by atoms with Crippen molar-refractivity contribution in [2.24, 2.45) is 0 Å². The van der Waals surface area contributed by atoms with Crippen LogP contribution in [0.5, 0.6) is 0 Å². The average Bonchev–Trinajstić information content (AvgIpc) is 3.05. The molecule has 28 heavy (non-hydrogen) atoms. The molecule has 0 spiro atoms. The lowest BCUT2D eigenvalue weighted by molar-refractivity contribution is 0.111. The molecule has 1 aromatic heterocycles. The average molecular weight is 389 g/mol. The molecular weight excluding hydrogens is 370 g/mol. The number of carbonyl (C=O) groups is 1. The number of carbonyl (C=O) groups excluding carboxylic acids is 1. The third-order valence-electron chi connectivity index (χ3n) is 4.92. The molecule has 0 aliphatic rings. The molecule has 1 heterocycles. The van der Waals surface area contributed by atoms with Crippen LogP contribution in [0.15, 0.2) is 77.7 Å². The Morgan fingerprint density at radius 2 is 1.50 bits per heavy atom. The fourth-order valence-electron chi connectivity index (χ4n) is 3.57. The molecule has 0 fully saturated rings. The van der Waals surface area contributed by atoms with Crippen LogP contribution in [0.1, 0.15) is 21.6 Å². The molecule has 0 amide bonds. The summed E-state index contributed by atoms with van der Waals surface area (Å²) in [6.07, 6.45) is 0.632. The molecule has 4 rings (SSSR count). The van der Waals surface area contributed by atoms with E-state index in [4.69, 9.17) is 0 Å². The predicted molar refractivity (Wildman–Crippen MR) is 111 cm³/mol. The number of hydrogen-bond acceptors (Lipinski definition) is 3. The standard InChI is InChI=1S/C23H19NO3S/c1-16-11-13-19(14-12-16)28(26,27)24-21(15-25)22(18-8-4-3-5-9-18)20-10-6-7-17(2)23(20)24/h3-15H,1-2H3. The van der Waals surface area contributed by atoms with Crippen LogP contribution in [-0.2, 0) is 10.0 Å². The maximum Gasteiger partial charge on any atom is 0.268 e. The van der Waals surface area contributed by atoms with E-state index in [1.807, 2.05) is 62.4 Å². The summed E-state index contributed by atoms with van der Waals surface area (Å²) >= 11 is 0. The minimum absolute atomic E-state index is 0.135. The van der Waals surface area contributed by atoms with Gasteiger partial charge in [0, 0.05) is 10.9 Å². The second-order valence-electron chi connectivity index (χ2n) is 6.80. The summed E-state index contributed by atoms with van der Waals surface area (Å²) < 4.78 is 28.3. The van der Waals surface area contributed by atoms with Gasteiger partial charge in [-0.25, -0.2) is 12.4 Å². The zero-order valence-electron chi connectivity index (χ0n) is 15.6. The Hall–Kier alpha value is -3.18. The Morgan fingerprint density at radius 1 is 0.821 bits per heavy atom. The Balaban J connectivity index is 2.15. The topological polar surface area (TPSA) is 56.1 Å². The van der Waals surface area contributed by atoms with Gasteiger partial charge in [-0.3, -0.25) is 4.79 Å². The quantitative estimate of drug-likeness (QED) is 0.463. The fourth-order valence-corrected chi connectivity index (χ4v) is 5.14. The summed E-state index contributed by atoms with van der Waals surface area (Å²) in [5, 5.41) is 0.740. The summed E-state index contributed by atoms with van der Waals surface area (Å²) in [7, 11) is -3.95. The van der Waals surface area contributed by atoms with Gasteiger partial charge in [0.05, 0.1) is 10.4 Å². The van der Waals surface area contributed by atoms with Gasteiger partial charge in [-0.1, -0.05) is 66.2 Å². The fraction of sp³-hybridized carbons (Fsp3) is 0.0870. The van der Waals surface area contributed by atoms with Crippen LogP contribution in [0, 0.1) is 13.8 Å². The SMILES string of the molecule is Cc1ccc(S(=O)(=O)n2c(C=O)c(-c3ccccc3)c3cccc(C)c32)cc1. The molecule has 0 atom stereocenters. The number of nitrogens with zero attached hydrogens (tertiary/aromatic N) is 1. The van der Waals surface area contributed by atoms with Crippen LogP contribution in [0.2, 0.25) is 0 Å². The number of fused-ring (bicyclic) bond motifs is 1. The summed E-state index contributed by atoms with van der Waals surface area (Å²) in [6.45, 7) is 3.75. The summed E-state index contributed by atoms with van der Waals surface area (Å²) in [5.41, 5.74) is 3.86. The van der Waals surface area contributed by atoms with Gasteiger partial charge in [-0.05, 0) is 37.1 Å². The minimum Gasteiger partial charge on any atom is -0.296 e. The first-order chi connectivity index (χ1) is 13.4. The molecule has 4 nitrogen and oxygen atoms in total. The smallest absolute Gasteiger partial charge is 0.268 e. The van der Waals surface area contributed by atoms with Crippen molar-refractivity contribution in [1.82, 2.24) is 3.97 Å². The van der Waals surface area contributed by atoms with Crippen molar-refractivity contribution in [3.63, 3.8) is 0 Å². The van der Waals surface area contributed by atoms with Gasteiger partial charge < -0.3 is 0 Å². The highest BCUT2D eigenvalue weighted by Crippen LogP contribution is 2.37. The lowest BCUT2D eigenvalue weighted by atomic mass is 10.0.